The molecule has 0 aliphatic heterocycles. The van der Waals surface area contributed by atoms with Crippen LogP contribution in [-0.2, 0) is 15.3 Å². The first kappa shape index (κ1) is 25.4. The van der Waals surface area contributed by atoms with Gasteiger partial charge in [0.25, 0.3) is 0 Å². The lowest BCUT2D eigenvalue weighted by molar-refractivity contribution is 0.505. The van der Waals surface area contributed by atoms with E-state index in [0.29, 0.717) is 33.5 Å². The Morgan fingerprint density at radius 3 is 2.23 bits per heavy atom. The maximum absolute atomic E-state index is 14.2. The highest BCUT2D eigenvalue weighted by atomic mass is 79.9. The van der Waals surface area contributed by atoms with Crippen molar-refractivity contribution in [3.63, 3.8) is 0 Å². The molecule has 0 radical (unpaired) electrons. The minimum Gasteiger partial charge on any atom is -0.455 e. The Morgan fingerprint density at radius 1 is 0.971 bits per heavy atom. The molecule has 0 unspecified atom stereocenters. The highest BCUT2D eigenvalue weighted by Crippen LogP contribution is 2.29. The van der Waals surface area contributed by atoms with E-state index in [9.17, 15) is 12.8 Å². The van der Waals surface area contributed by atoms with Gasteiger partial charge in [-0.2, -0.15) is 0 Å². The van der Waals surface area contributed by atoms with Gasteiger partial charge >= 0.3 is 0 Å². The zero-order valence-corrected chi connectivity index (χ0v) is 22.6. The van der Waals surface area contributed by atoms with E-state index in [1.54, 1.807) is 30.3 Å². The van der Waals surface area contributed by atoms with Gasteiger partial charge in [-0.15, -0.1) is 0 Å². The van der Waals surface area contributed by atoms with Crippen LogP contribution in [0.5, 0.6) is 0 Å². The third-order valence-corrected chi connectivity index (χ3v) is 8.27. The Morgan fingerprint density at radius 2 is 1.63 bits per heavy atom. The molecule has 4 rings (SSSR count). The molecule has 3 aromatic carbocycles. The number of benzene rings is 3. The monoisotopic (exact) mass is 554 g/mol. The quantitative estimate of drug-likeness (QED) is 0.269. The summed E-state index contributed by atoms with van der Waals surface area (Å²) in [5.74, 6) is -0.407. The number of aryl methyl sites for hydroxylation is 1. The summed E-state index contributed by atoms with van der Waals surface area (Å²) >= 11 is 3.40. The van der Waals surface area contributed by atoms with Crippen LogP contribution in [-0.4, -0.2) is 13.7 Å². The molecule has 3 nitrogen and oxygen atoms in total. The molecule has 0 bridgehead atoms. The van der Waals surface area contributed by atoms with Crippen molar-refractivity contribution in [3.8, 4) is 0 Å². The van der Waals surface area contributed by atoms with Crippen molar-refractivity contribution in [2.75, 3.05) is 5.33 Å². The van der Waals surface area contributed by atoms with E-state index in [0.717, 1.165) is 11.1 Å². The number of sulfone groups is 1. The predicted octanol–water partition coefficient (Wildman–Crippen LogP) is 6.37. The molecule has 0 aliphatic carbocycles. The molecule has 4 aromatic rings. The van der Waals surface area contributed by atoms with Crippen molar-refractivity contribution in [2.24, 2.45) is 0 Å². The number of hydrogen-bond donors (Lipinski definition) is 0. The highest BCUT2D eigenvalue weighted by Gasteiger charge is 2.27. The van der Waals surface area contributed by atoms with Gasteiger partial charge in [-0.1, -0.05) is 78.7 Å². The fraction of sp³-hybridized carbons (Fsp3) is 0.241. The molecule has 6 heteroatoms. The van der Waals surface area contributed by atoms with E-state index in [2.05, 4.69) is 36.7 Å². The van der Waals surface area contributed by atoms with Gasteiger partial charge in [0.1, 0.15) is 16.1 Å². The second-order valence-electron chi connectivity index (χ2n) is 9.64. The molecule has 0 aliphatic rings. The SMILES string of the molecule is Cc1ccc(/C(=c2/o/c(=C\CCBr)c3cc(F)ccc23)S(=O)(=O)c2ccc(C(C)(C)C)cc2)cc1. The molecule has 0 saturated carbocycles. The number of fused-ring (bicyclic) bond motifs is 1. The number of rotatable bonds is 5. The molecular formula is C29H28BrFO3S. The van der Waals surface area contributed by atoms with E-state index in [-0.39, 0.29) is 20.6 Å². The van der Waals surface area contributed by atoms with Gasteiger partial charge in [-0.05, 0) is 66.3 Å². The van der Waals surface area contributed by atoms with Gasteiger partial charge in [-0.3, -0.25) is 0 Å². The largest absolute Gasteiger partial charge is 0.455 e. The second kappa shape index (κ2) is 9.75. The normalized spacial score (nSPS) is 13.9. The molecule has 0 amide bonds. The maximum atomic E-state index is 14.2. The van der Waals surface area contributed by atoms with Gasteiger partial charge in [0.05, 0.1) is 4.90 Å². The van der Waals surface area contributed by atoms with Crippen molar-refractivity contribution < 1.29 is 17.2 Å². The smallest absolute Gasteiger partial charge is 0.210 e. The lowest BCUT2D eigenvalue weighted by atomic mass is 9.87. The minimum atomic E-state index is -3.99. The molecule has 0 atom stereocenters. The van der Waals surface area contributed by atoms with Crippen LogP contribution in [0.25, 0.3) is 21.8 Å². The average molecular weight is 556 g/mol. The van der Waals surface area contributed by atoms with Crippen LogP contribution in [0.15, 0.2) is 76.0 Å². The van der Waals surface area contributed by atoms with Crippen LogP contribution in [0.4, 0.5) is 4.39 Å². The molecular weight excluding hydrogens is 527 g/mol. The van der Waals surface area contributed by atoms with Crippen LogP contribution < -0.4 is 10.8 Å². The molecule has 1 heterocycles. The molecule has 1 aromatic heterocycles. The predicted molar refractivity (Wildman–Crippen MR) is 144 cm³/mol. The summed E-state index contributed by atoms with van der Waals surface area (Å²) in [7, 11) is -3.99. The van der Waals surface area contributed by atoms with Crippen LogP contribution >= 0.6 is 15.9 Å². The standard InChI is InChI=1S/C29H28BrFO3S/c1-19-7-9-20(10-8-19)28(35(32,33)23-14-11-21(12-15-23)29(2,3)4)27-24-16-13-22(31)18-25(24)26(34-27)6-5-17-30/h6-16,18H,5,17H2,1-4H3/b26-6-,28-27-. The summed E-state index contributed by atoms with van der Waals surface area (Å²) in [5.41, 5.74) is 3.13. The van der Waals surface area contributed by atoms with Crippen LogP contribution in [0, 0.1) is 12.7 Å². The molecule has 0 fully saturated rings. The van der Waals surface area contributed by atoms with Crippen molar-refractivity contribution in [1.29, 1.82) is 0 Å². The Hall–Kier alpha value is -2.70. The van der Waals surface area contributed by atoms with Gasteiger partial charge in [-0.25, -0.2) is 12.8 Å². The first-order chi connectivity index (χ1) is 16.5. The fourth-order valence-electron chi connectivity index (χ4n) is 4.01. The van der Waals surface area contributed by atoms with E-state index >= 15 is 0 Å². The minimum absolute atomic E-state index is 0.0658. The maximum Gasteiger partial charge on any atom is 0.210 e. The molecule has 35 heavy (non-hydrogen) atoms. The fourth-order valence-corrected chi connectivity index (χ4v) is 5.81. The van der Waals surface area contributed by atoms with Gasteiger partial charge in [0, 0.05) is 16.1 Å². The lowest BCUT2D eigenvalue weighted by Gasteiger charge is -2.19. The molecule has 0 N–H and O–H groups in total. The highest BCUT2D eigenvalue weighted by molar-refractivity contribution is 9.09. The zero-order chi connectivity index (χ0) is 25.4. The van der Waals surface area contributed by atoms with E-state index in [1.165, 1.54) is 12.1 Å². The molecule has 182 valence electrons. The summed E-state index contributed by atoms with van der Waals surface area (Å²) in [5, 5.41) is 1.80. The Bertz CT molecular complexity index is 1590. The second-order valence-corrected chi connectivity index (χ2v) is 12.3. The van der Waals surface area contributed by atoms with Gasteiger partial charge < -0.3 is 4.42 Å². The van der Waals surface area contributed by atoms with Crippen LogP contribution in [0.1, 0.15) is 43.9 Å². The zero-order valence-electron chi connectivity index (χ0n) is 20.2. The number of alkyl halides is 1. The third kappa shape index (κ3) is 5.14. The summed E-state index contributed by atoms with van der Waals surface area (Å²) in [6, 6.07) is 18.6. The first-order valence-corrected chi connectivity index (χ1v) is 14.0. The van der Waals surface area contributed by atoms with Crippen molar-refractivity contribution >= 4 is 47.5 Å². The van der Waals surface area contributed by atoms with Crippen molar-refractivity contribution in [1.82, 2.24) is 0 Å². The number of furan rings is 1. The Balaban J connectivity index is 2.10. The van der Waals surface area contributed by atoms with Gasteiger partial charge in [0.2, 0.25) is 9.84 Å². The van der Waals surface area contributed by atoms with Crippen LogP contribution in [0.2, 0.25) is 0 Å². The summed E-state index contributed by atoms with van der Waals surface area (Å²) in [6.07, 6.45) is 2.50. The Kier molecular flexibility index (Phi) is 7.07. The average Bonchev–Trinajstić information content (AvgIpc) is 3.15. The first-order valence-electron chi connectivity index (χ1n) is 11.4. The molecule has 0 saturated heterocycles. The van der Waals surface area contributed by atoms with Gasteiger partial charge in [0.15, 0.2) is 5.42 Å². The van der Waals surface area contributed by atoms with E-state index in [1.807, 2.05) is 37.3 Å². The van der Waals surface area contributed by atoms with Crippen LogP contribution in [0.3, 0.4) is 0 Å². The molecule has 0 spiro atoms. The van der Waals surface area contributed by atoms with Crippen molar-refractivity contribution in [2.45, 2.75) is 44.4 Å². The summed E-state index contributed by atoms with van der Waals surface area (Å²) in [6.45, 7) is 8.19. The topological polar surface area (TPSA) is 47.3 Å². The summed E-state index contributed by atoms with van der Waals surface area (Å²) < 4.78 is 48.6. The third-order valence-electron chi connectivity index (χ3n) is 5.96. The van der Waals surface area contributed by atoms with E-state index < -0.39 is 15.7 Å². The Labute approximate surface area is 214 Å². The number of hydrogen-bond acceptors (Lipinski definition) is 3. The lowest BCUT2D eigenvalue weighted by Crippen LogP contribution is -2.16. The summed E-state index contributed by atoms with van der Waals surface area (Å²) in [4.78, 5) is 0.245. The van der Waals surface area contributed by atoms with E-state index in [4.69, 9.17) is 4.42 Å². The van der Waals surface area contributed by atoms with Crippen molar-refractivity contribution in [3.05, 3.63) is 100 Å². The number of halogens is 2.